The van der Waals surface area contributed by atoms with E-state index in [2.05, 4.69) is 36.3 Å². The summed E-state index contributed by atoms with van der Waals surface area (Å²) in [6.45, 7) is 4.86. The molecule has 34 heavy (non-hydrogen) atoms. The molecule has 0 aliphatic carbocycles. The number of fused-ring (bicyclic) bond motifs is 1. The number of β-amino-alcohol motifs (C(OH)–C–C–N with tert-alkyl or cyclic N) is 1. The smallest absolute Gasteiger partial charge is 0.227 e. The van der Waals surface area contributed by atoms with Gasteiger partial charge < -0.3 is 30.8 Å². The summed E-state index contributed by atoms with van der Waals surface area (Å²) in [6, 6.07) is 15.3. The van der Waals surface area contributed by atoms with Crippen LogP contribution in [0.5, 0.6) is 5.75 Å². The van der Waals surface area contributed by atoms with Crippen molar-refractivity contribution < 1.29 is 19.4 Å². The molecule has 2 aromatic carbocycles. The van der Waals surface area contributed by atoms with E-state index in [9.17, 15) is 14.7 Å². The number of anilines is 1. The van der Waals surface area contributed by atoms with Gasteiger partial charge in [-0.25, -0.2) is 0 Å². The van der Waals surface area contributed by atoms with Crippen molar-refractivity contribution in [1.82, 2.24) is 10.3 Å². The molecule has 8 heteroatoms. The topological polar surface area (TPSA) is 121 Å². The summed E-state index contributed by atoms with van der Waals surface area (Å²) in [4.78, 5) is 28.7. The Morgan fingerprint density at radius 1 is 1.26 bits per heavy atom. The molecule has 0 spiro atoms. The molecule has 2 heterocycles. The third kappa shape index (κ3) is 5.40. The summed E-state index contributed by atoms with van der Waals surface area (Å²) in [5.74, 6) is -0.667. The molecule has 1 fully saturated rings. The number of aliphatic hydroxyl groups excluding tert-OH is 1. The Morgan fingerprint density at radius 3 is 2.76 bits per heavy atom. The van der Waals surface area contributed by atoms with Gasteiger partial charge in [0.15, 0.2) is 0 Å². The van der Waals surface area contributed by atoms with Gasteiger partial charge in [0.2, 0.25) is 11.8 Å². The number of H-pyrrole nitrogens is 1. The van der Waals surface area contributed by atoms with Crippen molar-refractivity contribution in [3.8, 4) is 5.75 Å². The number of aromatic nitrogens is 1. The number of nitrogens with two attached hydrogens (primary N) is 1. The number of primary amides is 1. The van der Waals surface area contributed by atoms with Crippen LogP contribution in [0.15, 0.2) is 54.7 Å². The molecular formula is C26H32N4O4. The Balaban J connectivity index is 1.32. The predicted molar refractivity (Wildman–Crippen MR) is 132 cm³/mol. The van der Waals surface area contributed by atoms with Gasteiger partial charge in [0.05, 0.1) is 11.6 Å². The first-order chi connectivity index (χ1) is 16.2. The molecule has 180 valence electrons. The molecule has 5 N–H and O–H groups in total. The second-order valence-electron chi connectivity index (χ2n) is 9.54. The van der Waals surface area contributed by atoms with Gasteiger partial charge >= 0.3 is 0 Å². The summed E-state index contributed by atoms with van der Waals surface area (Å²) >= 11 is 0. The van der Waals surface area contributed by atoms with Crippen LogP contribution in [0.1, 0.15) is 25.8 Å². The van der Waals surface area contributed by atoms with Crippen molar-refractivity contribution in [2.75, 3.05) is 24.6 Å². The molecule has 2 atom stereocenters. The van der Waals surface area contributed by atoms with Crippen LogP contribution in [0, 0.1) is 5.92 Å². The first-order valence-corrected chi connectivity index (χ1v) is 11.5. The normalized spacial score (nSPS) is 17.3. The lowest BCUT2D eigenvalue weighted by atomic mass is 9.94. The lowest BCUT2D eigenvalue weighted by Crippen LogP contribution is -2.46. The lowest BCUT2D eigenvalue weighted by molar-refractivity contribution is -0.123. The molecule has 1 aromatic heterocycles. The van der Waals surface area contributed by atoms with Gasteiger partial charge in [-0.05, 0) is 44.0 Å². The fourth-order valence-corrected chi connectivity index (χ4v) is 4.39. The van der Waals surface area contributed by atoms with Gasteiger partial charge in [-0.3, -0.25) is 9.59 Å². The summed E-state index contributed by atoms with van der Waals surface area (Å²) in [5.41, 5.74) is 8.05. The highest BCUT2D eigenvalue weighted by atomic mass is 16.5. The van der Waals surface area contributed by atoms with Gasteiger partial charge in [-0.2, -0.15) is 0 Å². The minimum atomic E-state index is -0.747. The highest BCUT2D eigenvalue weighted by Crippen LogP contribution is 2.33. The van der Waals surface area contributed by atoms with E-state index in [1.807, 2.05) is 18.3 Å². The maximum absolute atomic E-state index is 12.4. The third-order valence-corrected chi connectivity index (χ3v) is 6.24. The van der Waals surface area contributed by atoms with Gasteiger partial charge in [-0.15, -0.1) is 0 Å². The molecular weight excluding hydrogens is 432 g/mol. The number of carbonyl (C=O) groups is 2. The Morgan fingerprint density at radius 2 is 2.00 bits per heavy atom. The van der Waals surface area contributed by atoms with E-state index < -0.39 is 17.9 Å². The maximum Gasteiger partial charge on any atom is 0.227 e. The molecule has 1 aliphatic rings. The van der Waals surface area contributed by atoms with E-state index in [0.717, 1.165) is 11.9 Å². The lowest BCUT2D eigenvalue weighted by Gasteiger charge is -2.28. The molecule has 1 unspecified atom stereocenters. The van der Waals surface area contributed by atoms with E-state index >= 15 is 0 Å². The van der Waals surface area contributed by atoms with Crippen molar-refractivity contribution in [2.24, 2.45) is 11.7 Å². The summed E-state index contributed by atoms with van der Waals surface area (Å²) in [6.07, 6.45) is 2.18. The molecule has 1 saturated heterocycles. The molecule has 2 amide bonds. The van der Waals surface area contributed by atoms with E-state index in [4.69, 9.17) is 10.5 Å². The Bertz CT molecular complexity index is 1170. The largest absolute Gasteiger partial charge is 0.489 e. The van der Waals surface area contributed by atoms with Crippen molar-refractivity contribution in [1.29, 1.82) is 0 Å². The van der Waals surface area contributed by atoms with Gasteiger partial charge in [-0.1, -0.05) is 30.3 Å². The average molecular weight is 465 g/mol. The zero-order chi connectivity index (χ0) is 24.3. The molecule has 0 saturated carbocycles. The molecule has 4 rings (SSSR count). The SMILES string of the molecule is CC(C)(Cc1c[nH]c2ccccc12)NC[C@H](O)COc1ccccc1N1CC(C(N)=O)CC1=O. The number of rotatable bonds is 10. The number of aromatic amines is 1. The number of nitrogens with zero attached hydrogens (tertiary/aromatic N) is 1. The van der Waals surface area contributed by atoms with Crippen molar-refractivity contribution in [2.45, 2.75) is 38.3 Å². The fraction of sp³-hybridized carbons (Fsp3) is 0.385. The van der Waals surface area contributed by atoms with Crippen LogP contribution in [0.3, 0.4) is 0 Å². The van der Waals surface area contributed by atoms with Gasteiger partial charge in [0.25, 0.3) is 0 Å². The zero-order valence-electron chi connectivity index (χ0n) is 19.6. The number of hydrogen-bond acceptors (Lipinski definition) is 5. The average Bonchev–Trinajstić information content (AvgIpc) is 3.40. The molecule has 0 bridgehead atoms. The second-order valence-corrected chi connectivity index (χ2v) is 9.54. The van der Waals surface area contributed by atoms with Crippen molar-refractivity contribution >= 4 is 28.4 Å². The number of nitrogens with one attached hydrogen (secondary N) is 2. The highest BCUT2D eigenvalue weighted by Gasteiger charge is 2.35. The van der Waals surface area contributed by atoms with Crippen LogP contribution >= 0.6 is 0 Å². The van der Waals surface area contributed by atoms with Crippen molar-refractivity contribution in [3.05, 3.63) is 60.3 Å². The number of benzene rings is 2. The molecule has 8 nitrogen and oxygen atoms in total. The zero-order valence-corrected chi connectivity index (χ0v) is 19.6. The number of carbonyl (C=O) groups excluding carboxylic acids is 2. The number of hydrogen-bond donors (Lipinski definition) is 4. The molecule has 3 aromatic rings. The van der Waals surface area contributed by atoms with E-state index in [1.54, 1.807) is 24.3 Å². The molecule has 0 radical (unpaired) electrons. The van der Waals surface area contributed by atoms with Crippen LogP contribution in [-0.2, 0) is 16.0 Å². The Labute approximate surface area is 199 Å². The quantitative estimate of drug-likeness (QED) is 0.367. The van der Waals surface area contributed by atoms with Crippen LogP contribution in [-0.4, -0.2) is 53.2 Å². The Hall–Kier alpha value is -3.36. The molecule has 1 aliphatic heterocycles. The first-order valence-electron chi connectivity index (χ1n) is 11.5. The van der Waals surface area contributed by atoms with E-state index in [1.165, 1.54) is 15.8 Å². The third-order valence-electron chi connectivity index (χ3n) is 6.24. The van der Waals surface area contributed by atoms with Crippen LogP contribution in [0.2, 0.25) is 0 Å². The number of amides is 2. The van der Waals surface area contributed by atoms with E-state index in [0.29, 0.717) is 18.0 Å². The van der Waals surface area contributed by atoms with Crippen molar-refractivity contribution in [3.63, 3.8) is 0 Å². The standard InChI is InChI=1S/C26H32N4O4/c1-26(2,12-18-13-28-21-8-4-3-7-20(18)21)29-14-19(31)16-34-23-10-6-5-9-22(23)30-15-17(25(27)33)11-24(30)32/h3-10,13,17,19,28-29,31H,11-12,14-16H2,1-2H3,(H2,27,33)/t17?,19-/m0/s1. The minimum absolute atomic E-state index is 0.0639. The second kappa shape index (κ2) is 9.87. The summed E-state index contributed by atoms with van der Waals surface area (Å²) < 4.78 is 5.88. The number of aliphatic hydroxyl groups is 1. The monoisotopic (exact) mass is 464 g/mol. The minimum Gasteiger partial charge on any atom is -0.489 e. The summed E-state index contributed by atoms with van der Waals surface area (Å²) in [7, 11) is 0. The first kappa shape index (κ1) is 23.8. The summed E-state index contributed by atoms with van der Waals surface area (Å²) in [5, 5.41) is 15.2. The fourth-order valence-electron chi connectivity index (χ4n) is 4.39. The maximum atomic E-state index is 12.4. The van der Waals surface area contributed by atoms with Crippen LogP contribution in [0.4, 0.5) is 5.69 Å². The van der Waals surface area contributed by atoms with Crippen LogP contribution in [0.25, 0.3) is 10.9 Å². The number of ether oxygens (including phenoxy) is 1. The van der Waals surface area contributed by atoms with Gasteiger partial charge in [0, 0.05) is 42.1 Å². The predicted octanol–water partition coefficient (Wildman–Crippen LogP) is 2.36. The van der Waals surface area contributed by atoms with Gasteiger partial charge in [0.1, 0.15) is 18.5 Å². The number of para-hydroxylation sites is 3. The highest BCUT2D eigenvalue weighted by molar-refractivity contribution is 6.01. The van der Waals surface area contributed by atoms with Crippen LogP contribution < -0.4 is 20.7 Å². The Kier molecular flexibility index (Phi) is 6.90. The van der Waals surface area contributed by atoms with E-state index in [-0.39, 0.29) is 31.0 Å².